The van der Waals surface area contributed by atoms with Crippen molar-refractivity contribution in [2.75, 3.05) is 0 Å². The Morgan fingerprint density at radius 1 is 1.00 bits per heavy atom. The number of fused-ring (bicyclic) bond motifs is 1. The Bertz CT molecular complexity index is 953. The van der Waals surface area contributed by atoms with E-state index in [9.17, 15) is 4.79 Å². The van der Waals surface area contributed by atoms with Crippen molar-refractivity contribution in [3.8, 4) is 11.3 Å². The topological polar surface area (TPSA) is 50.2 Å². The van der Waals surface area contributed by atoms with Crippen LogP contribution in [-0.4, -0.2) is 15.9 Å². The van der Waals surface area contributed by atoms with Gasteiger partial charge in [-0.2, -0.15) is 0 Å². The number of allylic oxidation sites excluding steroid dienone is 2. The van der Waals surface area contributed by atoms with Crippen LogP contribution in [0.5, 0.6) is 0 Å². The molecule has 143 valence electrons. The number of aliphatic hydroxyl groups excluding tert-OH is 1. The van der Waals surface area contributed by atoms with E-state index in [0.29, 0.717) is 5.57 Å². The molecule has 1 aromatic heterocycles. The van der Waals surface area contributed by atoms with Gasteiger partial charge in [-0.25, -0.2) is 0 Å². The van der Waals surface area contributed by atoms with Crippen LogP contribution < -0.4 is 0 Å². The number of aliphatic hydroxyl groups is 1. The molecule has 0 aliphatic carbocycles. The minimum atomic E-state index is -0.0787. The molecule has 0 atom stereocenters. The second-order valence-corrected chi connectivity index (χ2v) is 6.41. The summed E-state index contributed by atoms with van der Waals surface area (Å²) >= 11 is 0. The number of hydrogen-bond acceptors (Lipinski definition) is 3. The number of nitrogens with zero attached hydrogens (tertiary/aromatic N) is 1. The van der Waals surface area contributed by atoms with E-state index in [4.69, 9.17) is 10.1 Å². The van der Waals surface area contributed by atoms with E-state index < -0.39 is 0 Å². The van der Waals surface area contributed by atoms with Crippen LogP contribution in [0.1, 0.15) is 31.9 Å². The average molecular weight is 539 g/mol. The molecule has 4 heteroatoms. The molecular formula is C23H24IrNO2-. The fourth-order valence-corrected chi connectivity index (χ4v) is 2.50. The number of carbonyl (C=O) groups is 1. The van der Waals surface area contributed by atoms with Crippen molar-refractivity contribution in [2.24, 2.45) is 0 Å². The predicted octanol–water partition coefficient (Wildman–Crippen LogP) is 5.74. The summed E-state index contributed by atoms with van der Waals surface area (Å²) in [6.45, 7) is 8.69. The molecular weight excluding hydrogens is 514 g/mol. The second kappa shape index (κ2) is 10.1. The predicted molar refractivity (Wildman–Crippen MR) is 107 cm³/mol. The molecule has 0 unspecified atom stereocenters. The number of ketones is 1. The van der Waals surface area contributed by atoms with Gasteiger partial charge >= 0.3 is 0 Å². The Labute approximate surface area is 174 Å². The maximum Gasteiger partial charge on any atom is 0.158 e. The van der Waals surface area contributed by atoms with E-state index in [1.54, 1.807) is 6.92 Å². The van der Waals surface area contributed by atoms with Crippen LogP contribution in [0.2, 0.25) is 0 Å². The van der Waals surface area contributed by atoms with Crippen molar-refractivity contribution in [2.45, 2.75) is 34.6 Å². The number of rotatable bonds is 2. The molecule has 1 heterocycles. The van der Waals surface area contributed by atoms with Crippen molar-refractivity contribution in [1.82, 2.24) is 4.98 Å². The fourth-order valence-electron chi connectivity index (χ4n) is 2.50. The van der Waals surface area contributed by atoms with Gasteiger partial charge in [-0.3, -0.25) is 9.78 Å². The van der Waals surface area contributed by atoms with Crippen molar-refractivity contribution in [3.63, 3.8) is 0 Å². The zero-order valence-corrected chi connectivity index (χ0v) is 18.6. The monoisotopic (exact) mass is 539 g/mol. The van der Waals surface area contributed by atoms with Gasteiger partial charge in [0.15, 0.2) is 5.78 Å². The molecule has 0 amide bonds. The molecule has 2 aromatic carbocycles. The third kappa shape index (κ3) is 6.42. The van der Waals surface area contributed by atoms with Crippen molar-refractivity contribution >= 4 is 16.7 Å². The second-order valence-electron chi connectivity index (χ2n) is 6.41. The fraction of sp³-hybridized carbons (Fsp3) is 0.217. The zero-order chi connectivity index (χ0) is 19.3. The Kier molecular flexibility index (Phi) is 8.55. The van der Waals surface area contributed by atoms with Gasteiger partial charge in [0, 0.05) is 25.7 Å². The summed E-state index contributed by atoms with van der Waals surface area (Å²) in [7, 11) is 0. The smallest absolute Gasteiger partial charge is 0.158 e. The zero-order valence-electron chi connectivity index (χ0n) is 16.3. The molecule has 3 nitrogen and oxygen atoms in total. The van der Waals surface area contributed by atoms with Gasteiger partial charge < -0.3 is 5.11 Å². The van der Waals surface area contributed by atoms with E-state index in [1.165, 1.54) is 24.8 Å². The Morgan fingerprint density at radius 2 is 1.67 bits per heavy atom. The molecule has 0 fully saturated rings. The normalized spacial score (nSPS) is 11.0. The van der Waals surface area contributed by atoms with Gasteiger partial charge in [0.05, 0.1) is 11.3 Å². The van der Waals surface area contributed by atoms with Crippen LogP contribution in [0, 0.1) is 19.9 Å². The number of benzene rings is 2. The Balaban J connectivity index is 0.000000350. The third-order valence-electron chi connectivity index (χ3n) is 4.09. The van der Waals surface area contributed by atoms with Gasteiger partial charge in [-0.15, -0.1) is 34.9 Å². The van der Waals surface area contributed by atoms with Crippen LogP contribution in [0.3, 0.4) is 0 Å². The van der Waals surface area contributed by atoms with E-state index in [2.05, 4.69) is 50.2 Å². The summed E-state index contributed by atoms with van der Waals surface area (Å²) in [6.07, 6.45) is 0. The van der Waals surface area contributed by atoms with Gasteiger partial charge in [-0.05, 0) is 37.9 Å². The number of hydrogen-bond donors (Lipinski definition) is 1. The maximum absolute atomic E-state index is 10.4. The van der Waals surface area contributed by atoms with Gasteiger partial charge in [0.25, 0.3) is 0 Å². The first-order valence-corrected chi connectivity index (χ1v) is 8.52. The molecule has 27 heavy (non-hydrogen) atoms. The summed E-state index contributed by atoms with van der Waals surface area (Å²) in [6, 6.07) is 20.0. The van der Waals surface area contributed by atoms with Crippen LogP contribution in [0.4, 0.5) is 0 Å². The molecule has 1 radical (unpaired) electrons. The molecule has 0 saturated heterocycles. The molecule has 0 aliphatic heterocycles. The quantitative estimate of drug-likeness (QED) is 0.257. The molecule has 3 aromatic rings. The largest absolute Gasteiger partial charge is 0.512 e. The number of carbonyl (C=O) groups excluding carboxylic acids is 1. The molecule has 3 rings (SSSR count). The van der Waals surface area contributed by atoms with Gasteiger partial charge in [0.2, 0.25) is 0 Å². The standard InChI is InChI=1S/C17H14N.C6H10O2.Ir/c1-12-9-13(2)11-15(10-12)17-8-7-14-5-3-4-6-16(14)18-17;1-4(5(2)7)6(3)8;/h3-10H,1-2H3;7H,1-3H3;/q-1;;. The summed E-state index contributed by atoms with van der Waals surface area (Å²) in [4.78, 5) is 15.1. The summed E-state index contributed by atoms with van der Waals surface area (Å²) in [5.41, 5.74) is 5.92. The number of para-hydroxylation sites is 1. The third-order valence-corrected chi connectivity index (χ3v) is 4.09. The summed E-state index contributed by atoms with van der Waals surface area (Å²) in [5, 5.41) is 9.82. The molecule has 0 spiro atoms. The van der Waals surface area contributed by atoms with E-state index in [-0.39, 0.29) is 31.6 Å². The van der Waals surface area contributed by atoms with Crippen LogP contribution in [-0.2, 0) is 24.9 Å². The van der Waals surface area contributed by atoms with Gasteiger partial charge in [0.1, 0.15) is 0 Å². The summed E-state index contributed by atoms with van der Waals surface area (Å²) in [5.74, 6) is 0.0301. The van der Waals surface area contributed by atoms with E-state index in [0.717, 1.165) is 22.3 Å². The molecule has 0 bridgehead atoms. The van der Waals surface area contributed by atoms with E-state index in [1.807, 2.05) is 18.2 Å². The van der Waals surface area contributed by atoms with Crippen LogP contribution in [0.15, 0.2) is 59.9 Å². The first-order valence-electron chi connectivity index (χ1n) is 8.52. The van der Waals surface area contributed by atoms with Crippen molar-refractivity contribution in [1.29, 1.82) is 0 Å². The number of Topliss-reactive ketones (excluding diaryl/α,β-unsaturated/α-hetero) is 1. The Hall–Kier alpha value is -2.29. The van der Waals surface area contributed by atoms with Crippen LogP contribution >= 0.6 is 0 Å². The Morgan fingerprint density at radius 3 is 2.22 bits per heavy atom. The minimum absolute atomic E-state index is 0. The maximum atomic E-state index is 10.4. The molecule has 1 N–H and O–H groups in total. The first-order chi connectivity index (χ1) is 12.3. The first kappa shape index (κ1) is 22.7. The number of pyridine rings is 1. The summed E-state index contributed by atoms with van der Waals surface area (Å²) < 4.78 is 0. The van der Waals surface area contributed by atoms with Crippen LogP contribution in [0.25, 0.3) is 22.2 Å². The molecule has 0 aliphatic rings. The van der Waals surface area contributed by atoms with Gasteiger partial charge in [-0.1, -0.05) is 44.2 Å². The minimum Gasteiger partial charge on any atom is -0.512 e. The molecule has 0 saturated carbocycles. The number of aryl methyl sites for hydroxylation is 2. The number of aromatic nitrogens is 1. The van der Waals surface area contributed by atoms with E-state index >= 15 is 0 Å². The average Bonchev–Trinajstić information content (AvgIpc) is 2.60. The van der Waals surface area contributed by atoms with Crippen molar-refractivity contribution < 1.29 is 30.0 Å². The van der Waals surface area contributed by atoms with Crippen molar-refractivity contribution in [3.05, 3.63) is 77.1 Å². The SMILES string of the molecule is CC(=O)C(C)=C(C)O.Cc1[c-]c(-c2ccc3ccccc3n2)cc(C)c1.[Ir].